The molecule has 0 radical (unpaired) electrons. The van der Waals surface area contributed by atoms with Crippen LogP contribution in [0.1, 0.15) is 6.42 Å². The fourth-order valence-corrected chi connectivity index (χ4v) is 2.81. The average Bonchev–Trinajstić information content (AvgIpc) is 3.00. The number of carbonyl (C=O) groups excluding carboxylic acids is 1. The van der Waals surface area contributed by atoms with Gasteiger partial charge >= 0.3 is 0 Å². The molecule has 1 aliphatic rings. The summed E-state index contributed by atoms with van der Waals surface area (Å²) in [5.74, 6) is 0.914. The summed E-state index contributed by atoms with van der Waals surface area (Å²) in [5.41, 5.74) is 0.689. The van der Waals surface area contributed by atoms with Crippen molar-refractivity contribution in [2.45, 2.75) is 13.0 Å². The van der Waals surface area contributed by atoms with Gasteiger partial charge in [0.05, 0.1) is 11.9 Å². The second-order valence-corrected chi connectivity index (χ2v) is 6.02. The zero-order chi connectivity index (χ0) is 17.4. The topological polar surface area (TPSA) is 47.4 Å². The summed E-state index contributed by atoms with van der Waals surface area (Å²) in [6.45, 7) is 0.526. The van der Waals surface area contributed by atoms with E-state index in [2.05, 4.69) is 4.98 Å². The van der Waals surface area contributed by atoms with Gasteiger partial charge < -0.3 is 9.30 Å². The SMILES string of the molecule is O=C1CCn2cc(Oc3ccc(F)cc3)nc2N1c1ccc(Cl)cc1. The number of hydrogen-bond donors (Lipinski definition) is 0. The van der Waals surface area contributed by atoms with E-state index in [1.165, 1.54) is 29.2 Å². The Hall–Kier alpha value is -2.86. The molecule has 0 spiro atoms. The lowest BCUT2D eigenvalue weighted by atomic mass is 10.2. The molecule has 0 saturated carbocycles. The number of anilines is 2. The van der Waals surface area contributed by atoms with Crippen molar-refractivity contribution in [3.8, 4) is 11.6 Å². The molecule has 0 bridgehead atoms. The van der Waals surface area contributed by atoms with Gasteiger partial charge in [0, 0.05) is 18.0 Å². The number of amides is 1. The number of nitrogens with zero attached hydrogens (tertiary/aromatic N) is 3. The largest absolute Gasteiger partial charge is 0.437 e. The third-order valence-corrected chi connectivity index (χ3v) is 4.12. The highest BCUT2D eigenvalue weighted by Gasteiger charge is 2.28. The predicted octanol–water partition coefficient (Wildman–Crippen LogP) is 4.54. The van der Waals surface area contributed by atoms with Crippen LogP contribution in [0.4, 0.5) is 16.0 Å². The fourth-order valence-electron chi connectivity index (χ4n) is 2.69. The van der Waals surface area contributed by atoms with Gasteiger partial charge in [-0.05, 0) is 48.5 Å². The van der Waals surface area contributed by atoms with Crippen LogP contribution in [-0.2, 0) is 11.3 Å². The van der Waals surface area contributed by atoms with E-state index in [9.17, 15) is 9.18 Å². The molecule has 2 aromatic carbocycles. The number of carbonyl (C=O) groups is 1. The van der Waals surface area contributed by atoms with E-state index >= 15 is 0 Å². The highest BCUT2D eigenvalue weighted by Crippen LogP contribution is 2.33. The number of imidazole rings is 1. The van der Waals surface area contributed by atoms with Crippen molar-refractivity contribution in [2.24, 2.45) is 0 Å². The van der Waals surface area contributed by atoms with E-state index < -0.39 is 0 Å². The van der Waals surface area contributed by atoms with Crippen molar-refractivity contribution in [1.29, 1.82) is 0 Å². The van der Waals surface area contributed by atoms with Gasteiger partial charge in [-0.3, -0.25) is 4.79 Å². The van der Waals surface area contributed by atoms with Crippen LogP contribution in [0.15, 0.2) is 54.7 Å². The molecule has 2 heterocycles. The molecular formula is C18H13ClFN3O2. The van der Waals surface area contributed by atoms with Crippen molar-refractivity contribution in [3.63, 3.8) is 0 Å². The Balaban J connectivity index is 1.67. The van der Waals surface area contributed by atoms with Gasteiger partial charge in [0.15, 0.2) is 0 Å². The van der Waals surface area contributed by atoms with Crippen molar-refractivity contribution in [2.75, 3.05) is 4.90 Å². The molecule has 0 unspecified atom stereocenters. The third kappa shape index (κ3) is 3.08. The van der Waals surface area contributed by atoms with E-state index in [4.69, 9.17) is 16.3 Å². The smallest absolute Gasteiger partial charge is 0.239 e. The highest BCUT2D eigenvalue weighted by atomic mass is 35.5. The normalized spacial score (nSPS) is 13.7. The molecule has 0 aliphatic carbocycles. The minimum absolute atomic E-state index is 0.0474. The lowest BCUT2D eigenvalue weighted by Crippen LogP contribution is -2.33. The van der Waals surface area contributed by atoms with E-state index in [1.807, 2.05) is 4.57 Å². The molecule has 0 fully saturated rings. The molecule has 7 heteroatoms. The Labute approximate surface area is 148 Å². The minimum Gasteiger partial charge on any atom is -0.437 e. The number of aromatic nitrogens is 2. The zero-order valence-corrected chi connectivity index (χ0v) is 13.8. The summed E-state index contributed by atoms with van der Waals surface area (Å²) in [4.78, 5) is 18.4. The van der Waals surface area contributed by atoms with Crippen LogP contribution < -0.4 is 9.64 Å². The molecule has 0 saturated heterocycles. The Morgan fingerprint density at radius 1 is 1.08 bits per heavy atom. The monoisotopic (exact) mass is 357 g/mol. The van der Waals surface area contributed by atoms with Crippen LogP contribution in [0.3, 0.4) is 0 Å². The minimum atomic E-state index is -0.337. The molecule has 1 aromatic heterocycles. The zero-order valence-electron chi connectivity index (χ0n) is 13.0. The number of halogens is 2. The number of rotatable bonds is 3. The maximum absolute atomic E-state index is 13.0. The Kier molecular flexibility index (Phi) is 3.89. The van der Waals surface area contributed by atoms with Crippen molar-refractivity contribution < 1.29 is 13.9 Å². The quantitative estimate of drug-likeness (QED) is 0.691. The summed E-state index contributed by atoms with van der Waals surface area (Å²) in [6.07, 6.45) is 2.09. The second kappa shape index (κ2) is 6.22. The molecule has 126 valence electrons. The van der Waals surface area contributed by atoms with Gasteiger partial charge in [-0.15, -0.1) is 0 Å². The summed E-state index contributed by atoms with van der Waals surface area (Å²) >= 11 is 5.92. The molecule has 0 atom stereocenters. The standard InChI is InChI=1S/C18H13ClFN3O2/c19-12-1-5-14(6-2-12)23-17(24)9-10-22-11-16(21-18(22)23)25-15-7-3-13(20)4-8-15/h1-8,11H,9-10H2. The van der Waals surface area contributed by atoms with E-state index in [0.29, 0.717) is 41.3 Å². The van der Waals surface area contributed by atoms with Gasteiger partial charge in [0.1, 0.15) is 11.6 Å². The van der Waals surface area contributed by atoms with Gasteiger partial charge in [-0.2, -0.15) is 4.98 Å². The molecule has 1 aliphatic heterocycles. The van der Waals surface area contributed by atoms with E-state index in [-0.39, 0.29) is 11.7 Å². The van der Waals surface area contributed by atoms with E-state index in [1.54, 1.807) is 30.5 Å². The first-order valence-electron chi connectivity index (χ1n) is 7.69. The van der Waals surface area contributed by atoms with Crippen molar-refractivity contribution >= 4 is 29.1 Å². The summed E-state index contributed by atoms with van der Waals surface area (Å²) < 4.78 is 20.5. The molecule has 3 aromatic rings. The van der Waals surface area contributed by atoms with Gasteiger partial charge in [0.2, 0.25) is 17.7 Å². The van der Waals surface area contributed by atoms with Crippen molar-refractivity contribution in [1.82, 2.24) is 9.55 Å². The number of benzene rings is 2. The third-order valence-electron chi connectivity index (χ3n) is 3.87. The van der Waals surface area contributed by atoms with Gasteiger partial charge in [0.25, 0.3) is 0 Å². The number of fused-ring (bicyclic) bond motifs is 1. The number of hydrogen-bond acceptors (Lipinski definition) is 3. The fraction of sp³-hybridized carbons (Fsp3) is 0.111. The van der Waals surface area contributed by atoms with E-state index in [0.717, 1.165) is 0 Å². The molecule has 1 amide bonds. The molecule has 25 heavy (non-hydrogen) atoms. The predicted molar refractivity (Wildman–Crippen MR) is 91.9 cm³/mol. The Bertz CT molecular complexity index is 922. The van der Waals surface area contributed by atoms with Crippen molar-refractivity contribution in [3.05, 3.63) is 65.6 Å². The summed E-state index contributed by atoms with van der Waals surface area (Å²) in [5, 5.41) is 0.594. The molecule has 4 rings (SSSR count). The first-order chi connectivity index (χ1) is 12.1. The lowest BCUT2D eigenvalue weighted by Gasteiger charge is -2.26. The van der Waals surface area contributed by atoms with Crippen LogP contribution >= 0.6 is 11.6 Å². The Morgan fingerprint density at radius 3 is 2.52 bits per heavy atom. The molecular weight excluding hydrogens is 345 g/mol. The lowest BCUT2D eigenvalue weighted by molar-refractivity contribution is -0.118. The maximum Gasteiger partial charge on any atom is 0.239 e. The van der Waals surface area contributed by atoms with Crippen LogP contribution in [0.2, 0.25) is 5.02 Å². The Morgan fingerprint density at radius 2 is 1.80 bits per heavy atom. The summed E-state index contributed by atoms with van der Waals surface area (Å²) in [6, 6.07) is 12.7. The molecule has 5 nitrogen and oxygen atoms in total. The van der Waals surface area contributed by atoms with Crippen LogP contribution in [0.25, 0.3) is 0 Å². The summed E-state index contributed by atoms with van der Waals surface area (Å²) in [7, 11) is 0. The highest BCUT2D eigenvalue weighted by molar-refractivity contribution is 6.30. The van der Waals surface area contributed by atoms with Crippen LogP contribution in [0, 0.1) is 5.82 Å². The average molecular weight is 358 g/mol. The maximum atomic E-state index is 13.0. The first-order valence-corrected chi connectivity index (χ1v) is 8.07. The van der Waals surface area contributed by atoms with Crippen LogP contribution in [-0.4, -0.2) is 15.5 Å². The second-order valence-electron chi connectivity index (χ2n) is 5.58. The van der Waals surface area contributed by atoms with Gasteiger partial charge in [-0.25, -0.2) is 9.29 Å². The number of aryl methyl sites for hydroxylation is 1. The number of ether oxygens (including phenoxy) is 1. The first kappa shape index (κ1) is 15.7. The van der Waals surface area contributed by atoms with Crippen LogP contribution in [0.5, 0.6) is 11.6 Å². The molecule has 0 N–H and O–H groups in total. The van der Waals surface area contributed by atoms with Gasteiger partial charge in [-0.1, -0.05) is 11.6 Å².